The topological polar surface area (TPSA) is 68.0 Å². The molecule has 0 unspecified atom stereocenters. The number of unbranched alkanes of at least 4 members (excludes halogenated alkanes) is 5. The van der Waals surface area contributed by atoms with E-state index in [9.17, 15) is 4.79 Å². The van der Waals surface area contributed by atoms with E-state index >= 15 is 0 Å². The first kappa shape index (κ1) is 19.7. The molecule has 0 amide bonds. The van der Waals surface area contributed by atoms with E-state index < -0.39 is 5.97 Å². The molecular weight excluding hydrogens is 310 g/mol. The molecule has 1 rings (SSSR count). The number of aromatic nitrogens is 3. The van der Waals surface area contributed by atoms with Crippen LogP contribution in [-0.4, -0.2) is 31.6 Å². The van der Waals surface area contributed by atoms with Crippen LogP contribution in [0.5, 0.6) is 0 Å². The molecule has 0 fully saturated rings. The van der Waals surface area contributed by atoms with E-state index in [2.05, 4.69) is 30.0 Å². The largest absolute Gasteiger partial charge is 0.481 e. The minimum absolute atomic E-state index is 0.228. The zero-order chi connectivity index (χ0) is 16.9. The number of thioether (sulfide) groups is 1. The van der Waals surface area contributed by atoms with Crippen molar-refractivity contribution < 1.29 is 9.90 Å². The summed E-state index contributed by atoms with van der Waals surface area (Å²) < 4.78 is 1.93. The average molecular weight is 340 g/mol. The summed E-state index contributed by atoms with van der Waals surface area (Å²) in [6, 6.07) is 0. The maximum Gasteiger partial charge on any atom is 0.303 e. The minimum Gasteiger partial charge on any atom is -0.481 e. The Morgan fingerprint density at radius 1 is 1.30 bits per heavy atom. The van der Waals surface area contributed by atoms with Crippen LogP contribution >= 0.6 is 11.8 Å². The van der Waals surface area contributed by atoms with Gasteiger partial charge in [-0.05, 0) is 26.2 Å². The molecule has 0 aliphatic heterocycles. The summed E-state index contributed by atoms with van der Waals surface area (Å²) in [5, 5.41) is 13.9. The fourth-order valence-electron chi connectivity index (χ4n) is 2.25. The third kappa shape index (κ3) is 9.43. The van der Waals surface area contributed by atoms with Gasteiger partial charge in [0, 0.05) is 12.2 Å². The molecule has 5 nitrogen and oxygen atoms in total. The van der Waals surface area contributed by atoms with E-state index in [1.807, 2.05) is 4.68 Å². The van der Waals surface area contributed by atoms with Gasteiger partial charge in [-0.25, -0.2) is 9.67 Å². The predicted octanol–water partition coefficient (Wildman–Crippen LogP) is 4.54. The highest BCUT2D eigenvalue weighted by Gasteiger charge is 2.05. The van der Waals surface area contributed by atoms with Crippen LogP contribution in [-0.2, 0) is 11.3 Å². The Hall–Kier alpha value is -1.30. The first-order valence-electron chi connectivity index (χ1n) is 8.51. The molecule has 0 saturated carbocycles. The van der Waals surface area contributed by atoms with E-state index in [4.69, 9.17) is 5.11 Å². The van der Waals surface area contributed by atoms with Crippen LogP contribution in [0.1, 0.15) is 65.2 Å². The van der Waals surface area contributed by atoms with Gasteiger partial charge in [-0.1, -0.05) is 56.0 Å². The number of aliphatic carboxylic acids is 1. The van der Waals surface area contributed by atoms with E-state index in [1.54, 1.807) is 18.1 Å². The fourth-order valence-corrected chi connectivity index (χ4v) is 3.16. The molecule has 0 aromatic carbocycles. The Bertz CT molecular complexity index is 486. The lowest BCUT2D eigenvalue weighted by molar-refractivity contribution is -0.137. The lowest BCUT2D eigenvalue weighted by Gasteiger charge is -2.06. The molecule has 0 atom stereocenters. The summed E-state index contributed by atoms with van der Waals surface area (Å²) >= 11 is 1.77. The van der Waals surface area contributed by atoms with Gasteiger partial charge in [-0.15, -0.1) is 0 Å². The molecule has 1 heterocycles. The molecule has 130 valence electrons. The molecule has 0 radical (unpaired) electrons. The molecule has 0 saturated heterocycles. The second-order valence-electron chi connectivity index (χ2n) is 5.80. The van der Waals surface area contributed by atoms with Crippen molar-refractivity contribution in [2.24, 2.45) is 0 Å². The zero-order valence-corrected chi connectivity index (χ0v) is 15.1. The van der Waals surface area contributed by atoms with Crippen LogP contribution in [0, 0.1) is 0 Å². The first-order chi connectivity index (χ1) is 11.1. The van der Waals surface area contributed by atoms with Crippen LogP contribution in [0.4, 0.5) is 0 Å². The van der Waals surface area contributed by atoms with Gasteiger partial charge >= 0.3 is 5.97 Å². The quantitative estimate of drug-likeness (QED) is 0.324. The van der Waals surface area contributed by atoms with Crippen LogP contribution in [0.2, 0.25) is 0 Å². The number of carboxylic acid groups (broad SMARTS) is 1. The zero-order valence-electron chi connectivity index (χ0n) is 14.3. The Balaban J connectivity index is 2.30. The number of nitrogens with zero attached hydrogens (tertiary/aromatic N) is 3. The number of allylic oxidation sites excluding steroid dienone is 2. The Labute approximate surface area is 143 Å². The number of carboxylic acids is 1. The summed E-state index contributed by atoms with van der Waals surface area (Å²) in [6.45, 7) is 5.02. The van der Waals surface area contributed by atoms with E-state index in [-0.39, 0.29) is 6.42 Å². The van der Waals surface area contributed by atoms with Gasteiger partial charge < -0.3 is 5.11 Å². The number of carbonyl (C=O) groups is 1. The molecule has 0 aliphatic rings. The first-order valence-corrected chi connectivity index (χ1v) is 9.50. The van der Waals surface area contributed by atoms with Crippen molar-refractivity contribution in [2.45, 2.75) is 76.9 Å². The predicted molar refractivity (Wildman–Crippen MR) is 94.7 cm³/mol. The Morgan fingerprint density at radius 3 is 2.83 bits per heavy atom. The summed E-state index contributed by atoms with van der Waals surface area (Å²) in [4.78, 5) is 14.8. The van der Waals surface area contributed by atoms with Gasteiger partial charge in [0.05, 0.1) is 6.54 Å². The summed E-state index contributed by atoms with van der Waals surface area (Å²) in [7, 11) is 0. The van der Waals surface area contributed by atoms with Gasteiger partial charge in [0.2, 0.25) is 0 Å². The molecule has 1 aromatic rings. The van der Waals surface area contributed by atoms with Crippen LogP contribution in [0.25, 0.3) is 0 Å². The molecular formula is C17H29N3O2S. The Morgan fingerprint density at radius 2 is 2.09 bits per heavy atom. The Kier molecular flexibility index (Phi) is 10.4. The SMILES string of the molecule is CCCCCCCSc1ncnn1C/C(C)=C\CCCC(=O)O. The van der Waals surface area contributed by atoms with Crippen LogP contribution in [0.15, 0.2) is 23.1 Å². The third-order valence-electron chi connectivity index (χ3n) is 3.55. The molecule has 1 aromatic heterocycles. The van der Waals surface area contributed by atoms with Crippen molar-refractivity contribution in [1.29, 1.82) is 0 Å². The van der Waals surface area contributed by atoms with Gasteiger partial charge in [0.15, 0.2) is 5.16 Å². The summed E-state index contributed by atoms with van der Waals surface area (Å²) in [5.74, 6) is 0.356. The number of hydrogen-bond donors (Lipinski definition) is 1. The number of hydrogen-bond acceptors (Lipinski definition) is 4. The lowest BCUT2D eigenvalue weighted by Crippen LogP contribution is -2.03. The van der Waals surface area contributed by atoms with Crippen molar-refractivity contribution in [2.75, 3.05) is 5.75 Å². The second kappa shape index (κ2) is 12.2. The monoisotopic (exact) mass is 339 g/mol. The highest BCUT2D eigenvalue weighted by Crippen LogP contribution is 2.18. The second-order valence-corrected chi connectivity index (χ2v) is 6.86. The standard InChI is InChI=1S/C17H29N3O2S/c1-3-4-5-6-9-12-23-17-18-14-19-20(17)13-15(2)10-7-8-11-16(21)22/h10,14H,3-9,11-13H2,1-2H3,(H,21,22)/b15-10-. The normalized spacial score (nSPS) is 11.8. The lowest BCUT2D eigenvalue weighted by atomic mass is 10.2. The molecule has 0 aliphatic carbocycles. The summed E-state index contributed by atoms with van der Waals surface area (Å²) in [6.07, 6.45) is 11.9. The maximum absolute atomic E-state index is 10.5. The highest BCUT2D eigenvalue weighted by atomic mass is 32.2. The van der Waals surface area contributed by atoms with Crippen molar-refractivity contribution in [3.63, 3.8) is 0 Å². The van der Waals surface area contributed by atoms with Crippen molar-refractivity contribution in [3.8, 4) is 0 Å². The smallest absolute Gasteiger partial charge is 0.303 e. The molecule has 1 N–H and O–H groups in total. The average Bonchev–Trinajstić information content (AvgIpc) is 2.94. The van der Waals surface area contributed by atoms with Crippen LogP contribution in [0.3, 0.4) is 0 Å². The van der Waals surface area contributed by atoms with Gasteiger partial charge in [-0.2, -0.15) is 5.10 Å². The summed E-state index contributed by atoms with van der Waals surface area (Å²) in [5.41, 5.74) is 1.20. The third-order valence-corrected chi connectivity index (χ3v) is 4.61. The number of rotatable bonds is 13. The van der Waals surface area contributed by atoms with Crippen LogP contribution < -0.4 is 0 Å². The van der Waals surface area contributed by atoms with E-state index in [0.717, 1.165) is 23.9 Å². The molecule has 0 bridgehead atoms. The highest BCUT2D eigenvalue weighted by molar-refractivity contribution is 7.99. The van der Waals surface area contributed by atoms with E-state index in [0.29, 0.717) is 6.42 Å². The fraction of sp³-hybridized carbons (Fsp3) is 0.706. The molecule has 23 heavy (non-hydrogen) atoms. The van der Waals surface area contributed by atoms with Crippen molar-refractivity contribution in [1.82, 2.24) is 14.8 Å². The van der Waals surface area contributed by atoms with Gasteiger partial charge in [0.1, 0.15) is 6.33 Å². The van der Waals surface area contributed by atoms with Gasteiger partial charge in [0.25, 0.3) is 0 Å². The molecule has 0 spiro atoms. The van der Waals surface area contributed by atoms with E-state index in [1.165, 1.54) is 37.7 Å². The minimum atomic E-state index is -0.732. The molecule has 6 heteroatoms. The van der Waals surface area contributed by atoms with Gasteiger partial charge in [-0.3, -0.25) is 4.79 Å². The maximum atomic E-state index is 10.5. The van der Waals surface area contributed by atoms with Crippen molar-refractivity contribution in [3.05, 3.63) is 18.0 Å². The van der Waals surface area contributed by atoms with Crippen molar-refractivity contribution >= 4 is 17.7 Å².